The highest BCUT2D eigenvalue weighted by atomic mass is 79.9. The van der Waals surface area contributed by atoms with Crippen LogP contribution in [0.2, 0.25) is 0 Å². The first-order valence-electron chi connectivity index (χ1n) is 6.98. The lowest BCUT2D eigenvalue weighted by atomic mass is 10.1. The maximum absolute atomic E-state index is 9.95. The molecule has 0 saturated carbocycles. The molecule has 2 heterocycles. The molecule has 0 spiro atoms. The third-order valence-electron chi connectivity index (χ3n) is 3.22. The van der Waals surface area contributed by atoms with Gasteiger partial charge in [-0.2, -0.15) is 5.10 Å². The molecule has 0 aliphatic heterocycles. The minimum Gasteiger partial charge on any atom is -0.364 e. The van der Waals surface area contributed by atoms with Gasteiger partial charge in [0, 0.05) is 17.3 Å². The Hall–Kier alpha value is -1.76. The summed E-state index contributed by atoms with van der Waals surface area (Å²) in [4.78, 5) is 4.59. The molecule has 0 aliphatic rings. The number of hydrogen-bond donors (Lipinski definition) is 1. The lowest BCUT2D eigenvalue weighted by Crippen LogP contribution is -2.09. The van der Waals surface area contributed by atoms with Crippen molar-refractivity contribution in [2.45, 2.75) is 26.2 Å². The van der Waals surface area contributed by atoms with E-state index in [9.17, 15) is 5.11 Å². The zero-order valence-electron chi connectivity index (χ0n) is 12.3. The van der Waals surface area contributed by atoms with Crippen molar-refractivity contribution in [2.75, 3.05) is 0 Å². The van der Waals surface area contributed by atoms with E-state index >= 15 is 0 Å². The van der Waals surface area contributed by atoms with Crippen LogP contribution >= 0.6 is 15.9 Å². The molecular formula is C16H16BrN3O2. The maximum atomic E-state index is 9.95. The second-order valence-corrected chi connectivity index (χ2v) is 6.09. The van der Waals surface area contributed by atoms with Gasteiger partial charge in [0.05, 0.1) is 22.5 Å². The van der Waals surface area contributed by atoms with Gasteiger partial charge in [0.1, 0.15) is 0 Å². The summed E-state index contributed by atoms with van der Waals surface area (Å²) in [5.41, 5.74) is 3.31. The van der Waals surface area contributed by atoms with E-state index in [1.807, 2.05) is 50.4 Å². The number of aromatic nitrogens is 3. The number of nitrogens with zero attached hydrogens (tertiary/aromatic N) is 3. The number of hydrogen-bond acceptors (Lipinski definition) is 4. The largest absolute Gasteiger partial charge is 0.364 e. The molecule has 0 amide bonds. The summed E-state index contributed by atoms with van der Waals surface area (Å²) >= 11 is 3.43. The Kier molecular flexibility index (Phi) is 4.24. The molecule has 0 fully saturated rings. The van der Waals surface area contributed by atoms with Gasteiger partial charge >= 0.3 is 0 Å². The summed E-state index contributed by atoms with van der Waals surface area (Å²) in [5, 5.41) is 14.1. The normalized spacial score (nSPS) is 13.0. The first-order valence-corrected chi connectivity index (χ1v) is 7.77. The fraction of sp³-hybridized carbons (Fsp3) is 0.250. The molecule has 0 aliphatic carbocycles. The molecule has 1 aromatic carbocycles. The molecule has 0 radical (unpaired) electrons. The second-order valence-electron chi connectivity index (χ2n) is 5.23. The van der Waals surface area contributed by atoms with Gasteiger partial charge in [-0.05, 0) is 35.8 Å². The standard InChI is InChI=1S/C16H16BrN3O2/c1-10(2)22-16(21)12-5-3-11(4-6-12)14-7-8-20-15(19-14)13(17)9-18-20/h3-10,16,21H,1-2H3. The van der Waals surface area contributed by atoms with Gasteiger partial charge in [-0.15, -0.1) is 0 Å². The number of ether oxygens (including phenoxy) is 1. The Morgan fingerprint density at radius 3 is 2.59 bits per heavy atom. The molecular weight excluding hydrogens is 346 g/mol. The van der Waals surface area contributed by atoms with E-state index in [2.05, 4.69) is 26.0 Å². The SMILES string of the molecule is CC(C)OC(O)c1ccc(-c2ccn3ncc(Br)c3n2)cc1. The molecule has 0 saturated heterocycles. The highest BCUT2D eigenvalue weighted by Crippen LogP contribution is 2.24. The van der Waals surface area contributed by atoms with Crippen LogP contribution in [-0.4, -0.2) is 25.8 Å². The Morgan fingerprint density at radius 2 is 1.91 bits per heavy atom. The summed E-state index contributed by atoms with van der Waals surface area (Å²) in [7, 11) is 0. The number of benzene rings is 1. The number of rotatable bonds is 4. The Morgan fingerprint density at radius 1 is 1.18 bits per heavy atom. The minimum absolute atomic E-state index is 0.0297. The van der Waals surface area contributed by atoms with E-state index in [1.165, 1.54) is 0 Å². The lowest BCUT2D eigenvalue weighted by Gasteiger charge is -2.15. The first-order chi connectivity index (χ1) is 10.5. The summed E-state index contributed by atoms with van der Waals surface area (Å²) in [6, 6.07) is 9.44. The van der Waals surface area contributed by atoms with Crippen molar-refractivity contribution in [3.05, 3.63) is 52.8 Å². The zero-order chi connectivity index (χ0) is 15.7. The fourth-order valence-corrected chi connectivity index (χ4v) is 2.52. The van der Waals surface area contributed by atoms with Crippen molar-refractivity contribution < 1.29 is 9.84 Å². The molecule has 3 rings (SSSR count). The van der Waals surface area contributed by atoms with E-state index in [4.69, 9.17) is 4.74 Å². The van der Waals surface area contributed by atoms with E-state index in [1.54, 1.807) is 10.7 Å². The Labute approximate surface area is 136 Å². The van der Waals surface area contributed by atoms with Gasteiger partial charge in [0.15, 0.2) is 11.9 Å². The van der Waals surface area contributed by atoms with Gasteiger partial charge in [-0.1, -0.05) is 24.3 Å². The molecule has 0 bridgehead atoms. The number of fused-ring (bicyclic) bond motifs is 1. The van der Waals surface area contributed by atoms with Gasteiger partial charge in [-0.3, -0.25) is 0 Å². The average Bonchev–Trinajstić information content (AvgIpc) is 2.88. The van der Waals surface area contributed by atoms with Gasteiger partial charge < -0.3 is 9.84 Å². The monoisotopic (exact) mass is 361 g/mol. The van der Waals surface area contributed by atoms with Gasteiger partial charge in [0.25, 0.3) is 0 Å². The van der Waals surface area contributed by atoms with Crippen LogP contribution in [0.5, 0.6) is 0 Å². The molecule has 6 heteroatoms. The predicted molar refractivity (Wildman–Crippen MR) is 87.3 cm³/mol. The van der Waals surface area contributed by atoms with E-state index in [0.717, 1.165) is 26.9 Å². The molecule has 1 N–H and O–H groups in total. The second kappa shape index (κ2) is 6.16. The van der Waals surface area contributed by atoms with Crippen LogP contribution < -0.4 is 0 Å². The minimum atomic E-state index is -0.909. The quantitative estimate of drug-likeness (QED) is 0.721. The van der Waals surface area contributed by atoms with Crippen molar-refractivity contribution in [1.82, 2.24) is 14.6 Å². The maximum Gasteiger partial charge on any atom is 0.181 e. The van der Waals surface area contributed by atoms with Gasteiger partial charge in [0.2, 0.25) is 0 Å². The molecule has 1 unspecified atom stereocenters. The average molecular weight is 362 g/mol. The number of halogens is 1. The topological polar surface area (TPSA) is 59.7 Å². The molecule has 114 valence electrons. The molecule has 1 atom stereocenters. The molecule has 2 aromatic heterocycles. The van der Waals surface area contributed by atoms with E-state index in [0.29, 0.717) is 0 Å². The van der Waals surface area contributed by atoms with Crippen molar-refractivity contribution >= 4 is 21.6 Å². The van der Waals surface area contributed by atoms with Crippen molar-refractivity contribution in [2.24, 2.45) is 0 Å². The third-order valence-corrected chi connectivity index (χ3v) is 3.78. The molecule has 3 aromatic rings. The number of aliphatic hydroxyl groups is 1. The van der Waals surface area contributed by atoms with Crippen LogP contribution in [0.3, 0.4) is 0 Å². The van der Waals surface area contributed by atoms with E-state index < -0.39 is 6.29 Å². The van der Waals surface area contributed by atoms with Crippen LogP contribution in [0, 0.1) is 0 Å². The highest BCUT2D eigenvalue weighted by Gasteiger charge is 2.11. The first kappa shape index (κ1) is 15.1. The number of aliphatic hydroxyl groups excluding tert-OH is 1. The van der Waals surface area contributed by atoms with Crippen molar-refractivity contribution in [3.8, 4) is 11.3 Å². The van der Waals surface area contributed by atoms with Crippen LogP contribution in [-0.2, 0) is 4.74 Å². The Bertz CT molecular complexity index is 784. The fourth-order valence-electron chi connectivity index (χ4n) is 2.16. The molecule has 5 nitrogen and oxygen atoms in total. The highest BCUT2D eigenvalue weighted by molar-refractivity contribution is 9.10. The van der Waals surface area contributed by atoms with Gasteiger partial charge in [-0.25, -0.2) is 9.50 Å². The van der Waals surface area contributed by atoms with Crippen LogP contribution in [0.1, 0.15) is 25.7 Å². The Balaban J connectivity index is 1.89. The zero-order valence-corrected chi connectivity index (χ0v) is 13.9. The lowest BCUT2D eigenvalue weighted by molar-refractivity contribution is -0.129. The summed E-state index contributed by atoms with van der Waals surface area (Å²) < 4.78 is 7.93. The van der Waals surface area contributed by atoms with Crippen LogP contribution in [0.25, 0.3) is 16.9 Å². The van der Waals surface area contributed by atoms with Crippen molar-refractivity contribution in [3.63, 3.8) is 0 Å². The third kappa shape index (κ3) is 3.04. The predicted octanol–water partition coefficient (Wildman–Crippen LogP) is 3.57. The van der Waals surface area contributed by atoms with Crippen molar-refractivity contribution in [1.29, 1.82) is 0 Å². The van der Waals surface area contributed by atoms with Crippen LogP contribution in [0.4, 0.5) is 0 Å². The summed E-state index contributed by atoms with van der Waals surface area (Å²) in [6.45, 7) is 3.78. The molecule has 22 heavy (non-hydrogen) atoms. The summed E-state index contributed by atoms with van der Waals surface area (Å²) in [6.07, 6.45) is 2.65. The smallest absolute Gasteiger partial charge is 0.181 e. The van der Waals surface area contributed by atoms with E-state index in [-0.39, 0.29) is 6.10 Å². The van der Waals surface area contributed by atoms with Crippen LogP contribution in [0.15, 0.2) is 47.2 Å². The summed E-state index contributed by atoms with van der Waals surface area (Å²) in [5.74, 6) is 0.